The Balaban J connectivity index is 2.49. The summed E-state index contributed by atoms with van der Waals surface area (Å²) in [6.07, 6.45) is 0. The smallest absolute Gasteiger partial charge is 0.259 e. The van der Waals surface area contributed by atoms with E-state index in [1.54, 1.807) is 13.0 Å². The summed E-state index contributed by atoms with van der Waals surface area (Å²) in [6, 6.07) is 1.59. The fraction of sp³-hybridized carbons (Fsp3) is 0.375. The molecule has 1 aliphatic heterocycles. The van der Waals surface area contributed by atoms with Crippen molar-refractivity contribution in [2.75, 3.05) is 13.2 Å². The molecule has 0 N–H and O–H groups in total. The summed E-state index contributed by atoms with van der Waals surface area (Å²) in [4.78, 5) is 3.60. The minimum absolute atomic E-state index is 0.254. The summed E-state index contributed by atoms with van der Waals surface area (Å²) in [5, 5.41) is 0. The van der Waals surface area contributed by atoms with E-state index >= 15 is 0 Å². The molecule has 0 aromatic carbocycles. The van der Waals surface area contributed by atoms with E-state index in [0.29, 0.717) is 24.5 Å². The van der Waals surface area contributed by atoms with Crippen molar-refractivity contribution in [3.05, 3.63) is 17.6 Å². The quantitative estimate of drug-likeness (QED) is 0.548. The summed E-state index contributed by atoms with van der Waals surface area (Å²) in [6.45, 7) is 2.57. The second-order valence-electron chi connectivity index (χ2n) is 2.60. The fourth-order valence-electron chi connectivity index (χ4n) is 1.05. The maximum atomic E-state index is 12.9. The zero-order valence-electron chi connectivity index (χ0n) is 6.63. The van der Waals surface area contributed by atoms with Gasteiger partial charge in [0.25, 0.3) is 5.88 Å². The molecule has 0 bridgehead atoms. The third-order valence-electron chi connectivity index (χ3n) is 1.66. The standard InChI is InChI=1S/C8H8FNO2/c1-5-4-6-8(10-7(5)9)12-3-2-11-6/h4H,2-3H2,1H3. The van der Waals surface area contributed by atoms with E-state index in [9.17, 15) is 4.39 Å². The Morgan fingerprint density at radius 2 is 2.17 bits per heavy atom. The van der Waals surface area contributed by atoms with Gasteiger partial charge in [0.15, 0.2) is 5.75 Å². The molecule has 0 radical (unpaired) electrons. The summed E-state index contributed by atoms with van der Waals surface area (Å²) in [5.74, 6) is 0.281. The van der Waals surface area contributed by atoms with Gasteiger partial charge in [-0.05, 0) is 13.0 Å². The highest BCUT2D eigenvalue weighted by Crippen LogP contribution is 2.28. The number of aryl methyl sites for hydroxylation is 1. The number of aromatic nitrogens is 1. The van der Waals surface area contributed by atoms with Gasteiger partial charge in [-0.15, -0.1) is 0 Å². The maximum Gasteiger partial charge on any atom is 0.259 e. The van der Waals surface area contributed by atoms with Gasteiger partial charge in [0.05, 0.1) is 0 Å². The molecule has 12 heavy (non-hydrogen) atoms. The molecule has 2 heterocycles. The molecule has 3 nitrogen and oxygen atoms in total. The lowest BCUT2D eigenvalue weighted by molar-refractivity contribution is 0.162. The lowest BCUT2D eigenvalue weighted by Crippen LogP contribution is -2.17. The van der Waals surface area contributed by atoms with Crippen molar-refractivity contribution in [3.63, 3.8) is 0 Å². The molecule has 1 aromatic rings. The Labute approximate surface area is 69.1 Å². The number of halogens is 1. The predicted octanol–water partition coefficient (Wildman–Crippen LogP) is 1.30. The number of hydrogen-bond donors (Lipinski definition) is 0. The first-order valence-electron chi connectivity index (χ1n) is 3.70. The van der Waals surface area contributed by atoms with Crippen LogP contribution in [0, 0.1) is 12.9 Å². The highest BCUT2D eigenvalue weighted by molar-refractivity contribution is 5.37. The average Bonchev–Trinajstić information content (AvgIpc) is 2.07. The van der Waals surface area contributed by atoms with Crippen LogP contribution in [0.3, 0.4) is 0 Å². The third-order valence-corrected chi connectivity index (χ3v) is 1.66. The SMILES string of the molecule is Cc1cc2c(nc1F)OCCO2. The Hall–Kier alpha value is -1.32. The highest BCUT2D eigenvalue weighted by atomic mass is 19.1. The van der Waals surface area contributed by atoms with Gasteiger partial charge in [0.2, 0.25) is 5.95 Å². The van der Waals surface area contributed by atoms with Crippen LogP contribution < -0.4 is 9.47 Å². The Bertz CT molecular complexity index is 283. The van der Waals surface area contributed by atoms with Crippen molar-refractivity contribution < 1.29 is 13.9 Å². The molecular formula is C8H8FNO2. The molecule has 0 fully saturated rings. The van der Waals surface area contributed by atoms with Crippen LogP contribution in [0.25, 0.3) is 0 Å². The van der Waals surface area contributed by atoms with E-state index in [1.807, 2.05) is 0 Å². The van der Waals surface area contributed by atoms with Gasteiger partial charge in [-0.1, -0.05) is 0 Å². The average molecular weight is 169 g/mol. The first kappa shape index (κ1) is 7.34. The Morgan fingerprint density at radius 1 is 1.42 bits per heavy atom. The van der Waals surface area contributed by atoms with Gasteiger partial charge in [0, 0.05) is 5.56 Å². The van der Waals surface area contributed by atoms with Crippen molar-refractivity contribution >= 4 is 0 Å². The molecule has 1 aromatic heterocycles. The molecule has 0 saturated carbocycles. The topological polar surface area (TPSA) is 31.4 Å². The van der Waals surface area contributed by atoms with Crippen LogP contribution in [0.2, 0.25) is 0 Å². The summed E-state index contributed by atoms with van der Waals surface area (Å²) in [5.41, 5.74) is 0.472. The first-order chi connectivity index (χ1) is 5.77. The molecule has 64 valence electrons. The maximum absolute atomic E-state index is 12.9. The van der Waals surface area contributed by atoms with Crippen molar-refractivity contribution in [1.29, 1.82) is 0 Å². The molecule has 0 amide bonds. The number of fused-ring (bicyclic) bond motifs is 1. The van der Waals surface area contributed by atoms with E-state index in [0.717, 1.165) is 0 Å². The molecular weight excluding hydrogens is 161 g/mol. The third kappa shape index (κ3) is 1.09. The molecule has 0 saturated heterocycles. The summed E-state index contributed by atoms with van der Waals surface area (Å²) in [7, 11) is 0. The van der Waals surface area contributed by atoms with E-state index in [1.165, 1.54) is 0 Å². The van der Waals surface area contributed by atoms with Crippen LogP contribution in [0.4, 0.5) is 4.39 Å². The number of hydrogen-bond acceptors (Lipinski definition) is 3. The number of ether oxygens (including phenoxy) is 2. The summed E-state index contributed by atoms with van der Waals surface area (Å²) < 4.78 is 23.1. The van der Waals surface area contributed by atoms with Gasteiger partial charge >= 0.3 is 0 Å². The first-order valence-corrected chi connectivity index (χ1v) is 3.70. The molecule has 0 atom stereocenters. The second kappa shape index (κ2) is 2.62. The van der Waals surface area contributed by atoms with Crippen LogP contribution in [0.15, 0.2) is 6.07 Å². The van der Waals surface area contributed by atoms with E-state index in [4.69, 9.17) is 9.47 Å². The largest absolute Gasteiger partial charge is 0.484 e. The molecule has 0 aliphatic carbocycles. The van der Waals surface area contributed by atoms with E-state index < -0.39 is 5.95 Å². The van der Waals surface area contributed by atoms with Crippen LogP contribution in [-0.2, 0) is 0 Å². The lowest BCUT2D eigenvalue weighted by Gasteiger charge is -2.17. The zero-order chi connectivity index (χ0) is 8.55. The van der Waals surface area contributed by atoms with Gasteiger partial charge in [-0.25, -0.2) is 0 Å². The second-order valence-corrected chi connectivity index (χ2v) is 2.60. The van der Waals surface area contributed by atoms with Crippen LogP contribution in [-0.4, -0.2) is 18.2 Å². The molecule has 0 spiro atoms. The number of nitrogens with zero attached hydrogens (tertiary/aromatic N) is 1. The van der Waals surface area contributed by atoms with Gasteiger partial charge in [-0.2, -0.15) is 9.37 Å². The van der Waals surface area contributed by atoms with E-state index in [2.05, 4.69) is 4.98 Å². The molecule has 4 heteroatoms. The van der Waals surface area contributed by atoms with Gasteiger partial charge in [-0.3, -0.25) is 0 Å². The summed E-state index contributed by atoms with van der Waals surface area (Å²) >= 11 is 0. The van der Waals surface area contributed by atoms with Crippen molar-refractivity contribution in [2.24, 2.45) is 0 Å². The zero-order valence-corrected chi connectivity index (χ0v) is 6.63. The van der Waals surface area contributed by atoms with Gasteiger partial charge in [0.1, 0.15) is 13.2 Å². The van der Waals surface area contributed by atoms with Crippen LogP contribution in [0.1, 0.15) is 5.56 Å². The predicted molar refractivity (Wildman–Crippen MR) is 39.9 cm³/mol. The highest BCUT2D eigenvalue weighted by Gasteiger charge is 2.15. The minimum atomic E-state index is -0.501. The molecule has 2 rings (SSSR count). The normalized spacial score (nSPS) is 14.5. The fourth-order valence-corrected chi connectivity index (χ4v) is 1.05. The van der Waals surface area contributed by atoms with Crippen molar-refractivity contribution in [2.45, 2.75) is 6.92 Å². The van der Waals surface area contributed by atoms with Crippen LogP contribution >= 0.6 is 0 Å². The molecule has 1 aliphatic rings. The lowest BCUT2D eigenvalue weighted by atomic mass is 10.3. The minimum Gasteiger partial charge on any atom is -0.484 e. The monoisotopic (exact) mass is 169 g/mol. The number of rotatable bonds is 0. The van der Waals surface area contributed by atoms with Crippen LogP contribution in [0.5, 0.6) is 11.6 Å². The van der Waals surface area contributed by atoms with Crippen molar-refractivity contribution in [1.82, 2.24) is 4.98 Å². The van der Waals surface area contributed by atoms with Crippen molar-refractivity contribution in [3.8, 4) is 11.6 Å². The van der Waals surface area contributed by atoms with Gasteiger partial charge < -0.3 is 9.47 Å². The van der Waals surface area contributed by atoms with E-state index in [-0.39, 0.29) is 5.88 Å². The molecule has 0 unspecified atom stereocenters. The Kier molecular flexibility index (Phi) is 1.60. The Morgan fingerprint density at radius 3 is 3.00 bits per heavy atom. The number of pyridine rings is 1.